The first kappa shape index (κ1) is 12.1. The third-order valence-corrected chi connectivity index (χ3v) is 2.27. The lowest BCUT2D eigenvalue weighted by Gasteiger charge is -2.15. The van der Waals surface area contributed by atoms with Crippen LogP contribution >= 0.6 is 0 Å². The molecule has 2 nitrogen and oxygen atoms in total. The minimum Gasteiger partial charge on any atom is -0.491 e. The van der Waals surface area contributed by atoms with Gasteiger partial charge in [-0.05, 0) is 37.0 Å². The highest BCUT2D eigenvalue weighted by Crippen LogP contribution is 2.27. The standard InChI is InChI=1S/C13H20O2/c1-9(2)12-6-5-10(3)7-13(12)15-8-11(4)14/h5-7,9,11,14H,8H2,1-4H3. The number of aliphatic hydroxyl groups excluding tert-OH is 1. The minimum atomic E-state index is -0.425. The number of hydrogen-bond donors (Lipinski definition) is 1. The molecule has 15 heavy (non-hydrogen) atoms. The second-order valence-corrected chi connectivity index (χ2v) is 4.36. The Kier molecular flexibility index (Phi) is 4.15. The van der Waals surface area contributed by atoms with E-state index < -0.39 is 6.10 Å². The van der Waals surface area contributed by atoms with Gasteiger partial charge in [0.05, 0.1) is 6.10 Å². The summed E-state index contributed by atoms with van der Waals surface area (Å²) >= 11 is 0. The number of benzene rings is 1. The Labute approximate surface area is 91.9 Å². The lowest BCUT2D eigenvalue weighted by atomic mass is 10.0. The lowest BCUT2D eigenvalue weighted by molar-refractivity contribution is 0.122. The minimum absolute atomic E-state index is 0.350. The molecule has 0 saturated heterocycles. The molecule has 1 rings (SSSR count). The summed E-state index contributed by atoms with van der Waals surface area (Å²) in [4.78, 5) is 0. The van der Waals surface area contributed by atoms with Gasteiger partial charge in [-0.2, -0.15) is 0 Å². The summed E-state index contributed by atoms with van der Waals surface area (Å²) in [7, 11) is 0. The lowest BCUT2D eigenvalue weighted by Crippen LogP contribution is -2.13. The van der Waals surface area contributed by atoms with E-state index >= 15 is 0 Å². The zero-order valence-corrected chi connectivity index (χ0v) is 9.95. The molecule has 1 aromatic carbocycles. The molecule has 1 unspecified atom stereocenters. The molecule has 1 atom stereocenters. The molecule has 0 fully saturated rings. The Morgan fingerprint density at radius 3 is 2.47 bits per heavy atom. The maximum atomic E-state index is 9.19. The fraction of sp³-hybridized carbons (Fsp3) is 0.538. The third-order valence-electron chi connectivity index (χ3n) is 2.27. The summed E-state index contributed by atoms with van der Waals surface area (Å²) in [6, 6.07) is 6.21. The number of hydrogen-bond acceptors (Lipinski definition) is 2. The van der Waals surface area contributed by atoms with Crippen LogP contribution in [-0.2, 0) is 0 Å². The van der Waals surface area contributed by atoms with Gasteiger partial charge in [-0.3, -0.25) is 0 Å². The molecule has 0 aliphatic rings. The summed E-state index contributed by atoms with van der Waals surface area (Å²) in [6.07, 6.45) is -0.425. The summed E-state index contributed by atoms with van der Waals surface area (Å²) in [5.74, 6) is 1.33. The van der Waals surface area contributed by atoms with E-state index in [0.717, 1.165) is 5.75 Å². The normalized spacial score (nSPS) is 12.9. The van der Waals surface area contributed by atoms with Gasteiger partial charge in [0.2, 0.25) is 0 Å². The number of ether oxygens (including phenoxy) is 1. The third kappa shape index (κ3) is 3.56. The molecule has 0 radical (unpaired) electrons. The van der Waals surface area contributed by atoms with E-state index in [1.54, 1.807) is 6.92 Å². The first-order valence-corrected chi connectivity index (χ1v) is 5.42. The molecule has 0 aliphatic carbocycles. The molecule has 0 amide bonds. The molecule has 0 spiro atoms. The van der Waals surface area contributed by atoms with Gasteiger partial charge >= 0.3 is 0 Å². The highest BCUT2D eigenvalue weighted by atomic mass is 16.5. The van der Waals surface area contributed by atoms with Gasteiger partial charge in [-0.1, -0.05) is 26.0 Å². The van der Waals surface area contributed by atoms with Gasteiger partial charge in [0.15, 0.2) is 0 Å². The van der Waals surface area contributed by atoms with E-state index in [-0.39, 0.29) is 0 Å². The molecule has 0 saturated carbocycles. The van der Waals surface area contributed by atoms with Gasteiger partial charge in [-0.25, -0.2) is 0 Å². The Hall–Kier alpha value is -1.02. The van der Waals surface area contributed by atoms with E-state index in [1.807, 2.05) is 13.0 Å². The SMILES string of the molecule is Cc1ccc(C(C)C)c(OCC(C)O)c1. The average Bonchev–Trinajstić information content (AvgIpc) is 2.14. The average molecular weight is 208 g/mol. The van der Waals surface area contributed by atoms with Gasteiger partial charge in [0, 0.05) is 0 Å². The molecule has 1 N–H and O–H groups in total. The topological polar surface area (TPSA) is 29.5 Å². The zero-order valence-electron chi connectivity index (χ0n) is 9.95. The quantitative estimate of drug-likeness (QED) is 0.824. The van der Waals surface area contributed by atoms with E-state index in [4.69, 9.17) is 4.74 Å². The molecule has 1 aromatic rings. The number of rotatable bonds is 4. The molecular formula is C13H20O2. The van der Waals surface area contributed by atoms with Crippen molar-refractivity contribution in [2.24, 2.45) is 0 Å². The van der Waals surface area contributed by atoms with Gasteiger partial charge in [0.25, 0.3) is 0 Å². The summed E-state index contributed by atoms with van der Waals surface area (Å²) in [6.45, 7) is 8.40. The summed E-state index contributed by atoms with van der Waals surface area (Å²) in [5.41, 5.74) is 2.38. The smallest absolute Gasteiger partial charge is 0.123 e. The second kappa shape index (κ2) is 5.17. The van der Waals surface area contributed by atoms with Crippen LogP contribution in [0.2, 0.25) is 0 Å². The van der Waals surface area contributed by atoms with Crippen molar-refractivity contribution in [3.8, 4) is 5.75 Å². The Morgan fingerprint density at radius 1 is 1.27 bits per heavy atom. The molecule has 0 bridgehead atoms. The van der Waals surface area contributed by atoms with E-state index in [1.165, 1.54) is 11.1 Å². The van der Waals surface area contributed by atoms with Crippen LogP contribution in [0, 0.1) is 6.92 Å². The van der Waals surface area contributed by atoms with Crippen molar-refractivity contribution >= 4 is 0 Å². The molecular weight excluding hydrogens is 188 g/mol. The zero-order chi connectivity index (χ0) is 11.4. The van der Waals surface area contributed by atoms with E-state index in [0.29, 0.717) is 12.5 Å². The van der Waals surface area contributed by atoms with Gasteiger partial charge < -0.3 is 9.84 Å². The summed E-state index contributed by atoms with van der Waals surface area (Å²) < 4.78 is 5.59. The summed E-state index contributed by atoms with van der Waals surface area (Å²) in [5, 5.41) is 9.19. The number of aryl methyl sites for hydroxylation is 1. The highest BCUT2D eigenvalue weighted by molar-refractivity contribution is 5.39. The van der Waals surface area contributed by atoms with E-state index in [9.17, 15) is 5.11 Å². The maximum absolute atomic E-state index is 9.19. The molecule has 0 heterocycles. The monoisotopic (exact) mass is 208 g/mol. The molecule has 84 valence electrons. The van der Waals surface area contributed by atoms with Gasteiger partial charge in [-0.15, -0.1) is 0 Å². The predicted octanol–water partition coefficient (Wildman–Crippen LogP) is 2.88. The fourth-order valence-corrected chi connectivity index (χ4v) is 1.45. The number of aliphatic hydroxyl groups is 1. The maximum Gasteiger partial charge on any atom is 0.123 e. The highest BCUT2D eigenvalue weighted by Gasteiger charge is 2.08. The first-order valence-electron chi connectivity index (χ1n) is 5.42. The first-order chi connectivity index (χ1) is 7.00. The fourth-order valence-electron chi connectivity index (χ4n) is 1.45. The van der Waals surface area contributed by atoms with Crippen LogP contribution in [0.25, 0.3) is 0 Å². The van der Waals surface area contributed by atoms with Crippen LogP contribution in [-0.4, -0.2) is 17.8 Å². The van der Waals surface area contributed by atoms with Crippen molar-refractivity contribution in [3.05, 3.63) is 29.3 Å². The molecule has 2 heteroatoms. The van der Waals surface area contributed by atoms with Crippen molar-refractivity contribution in [2.45, 2.75) is 39.7 Å². The van der Waals surface area contributed by atoms with Crippen LogP contribution in [0.3, 0.4) is 0 Å². The van der Waals surface area contributed by atoms with Gasteiger partial charge in [0.1, 0.15) is 12.4 Å². The second-order valence-electron chi connectivity index (χ2n) is 4.36. The Morgan fingerprint density at radius 2 is 1.93 bits per heavy atom. The molecule has 0 aliphatic heterocycles. The van der Waals surface area contributed by atoms with Crippen molar-refractivity contribution in [3.63, 3.8) is 0 Å². The Bertz CT molecular complexity index is 316. The van der Waals surface area contributed by atoms with Crippen LogP contribution in [0.5, 0.6) is 5.75 Å². The molecule has 0 aromatic heterocycles. The van der Waals surface area contributed by atoms with Crippen molar-refractivity contribution in [2.75, 3.05) is 6.61 Å². The van der Waals surface area contributed by atoms with Crippen LogP contribution in [0.1, 0.15) is 37.8 Å². The predicted molar refractivity (Wildman–Crippen MR) is 62.4 cm³/mol. The van der Waals surface area contributed by atoms with Crippen LogP contribution in [0.4, 0.5) is 0 Å². The van der Waals surface area contributed by atoms with Crippen LogP contribution < -0.4 is 4.74 Å². The van der Waals surface area contributed by atoms with Crippen LogP contribution in [0.15, 0.2) is 18.2 Å². The van der Waals surface area contributed by atoms with E-state index in [2.05, 4.69) is 26.0 Å². The van der Waals surface area contributed by atoms with Crippen molar-refractivity contribution < 1.29 is 9.84 Å². The van der Waals surface area contributed by atoms with Crippen molar-refractivity contribution in [1.82, 2.24) is 0 Å². The Balaban J connectivity index is 2.87. The van der Waals surface area contributed by atoms with Crippen molar-refractivity contribution in [1.29, 1.82) is 0 Å². The largest absolute Gasteiger partial charge is 0.491 e.